The molecule has 1 heterocycles. The smallest absolute Gasteiger partial charge is 0.280 e. The van der Waals surface area contributed by atoms with Crippen LogP contribution in [0.2, 0.25) is 0 Å². The van der Waals surface area contributed by atoms with E-state index in [2.05, 4.69) is 5.10 Å². The van der Waals surface area contributed by atoms with E-state index in [0.29, 0.717) is 0 Å². The fourth-order valence-corrected chi connectivity index (χ4v) is 1.57. The number of H-pyrrole nitrogens is 2. The van der Waals surface area contributed by atoms with Gasteiger partial charge in [-0.1, -0.05) is 0 Å². The Kier molecular flexibility index (Phi) is 2.45. The van der Waals surface area contributed by atoms with Crippen molar-refractivity contribution in [3.8, 4) is 0 Å². The van der Waals surface area contributed by atoms with E-state index in [1.165, 1.54) is 0 Å². The van der Waals surface area contributed by atoms with Crippen molar-refractivity contribution in [1.82, 2.24) is 15.2 Å². The lowest BCUT2D eigenvalue weighted by molar-refractivity contribution is 0.174. The molecule has 0 unspecified atom stereocenters. The highest BCUT2D eigenvalue weighted by molar-refractivity contribution is 7.91. The maximum absolute atomic E-state index is 11.7. The minimum absolute atomic E-state index is 0.766. The summed E-state index contributed by atoms with van der Waals surface area (Å²) >= 11 is 0. The number of aromatic nitrogens is 3. The average Bonchev–Trinajstić information content (AvgIpc) is 2.32. The topological polar surface area (TPSA) is 95.7 Å². The van der Waals surface area contributed by atoms with Crippen LogP contribution in [0.25, 0.3) is 0 Å². The van der Waals surface area contributed by atoms with Crippen LogP contribution in [0, 0.1) is 0 Å². The summed E-state index contributed by atoms with van der Waals surface area (Å²) in [6.45, 7) is 0. The predicted octanol–water partition coefficient (Wildman–Crippen LogP) is -0.863. The Bertz CT molecular complexity index is 433. The average molecular weight is 213 g/mol. The van der Waals surface area contributed by atoms with E-state index in [9.17, 15) is 22.0 Å². The largest absolute Gasteiger partial charge is 0.341 e. The Morgan fingerprint density at radius 2 is 2.08 bits per heavy atom. The van der Waals surface area contributed by atoms with E-state index in [1.807, 2.05) is 0 Å². The molecule has 9 heteroatoms. The van der Waals surface area contributed by atoms with Gasteiger partial charge in [-0.05, 0) is 0 Å². The van der Waals surface area contributed by atoms with Gasteiger partial charge in [-0.25, -0.2) is 27.1 Å². The SMILES string of the molecule is O=c1[nH]nc(S(=O)(=O)CC(F)F)[nH]1. The summed E-state index contributed by atoms with van der Waals surface area (Å²) in [5.74, 6) is -1.35. The van der Waals surface area contributed by atoms with Gasteiger partial charge >= 0.3 is 5.69 Å². The minimum Gasteiger partial charge on any atom is -0.280 e. The Labute approximate surface area is 70.9 Å². The van der Waals surface area contributed by atoms with Crippen LogP contribution in [0.15, 0.2) is 9.95 Å². The van der Waals surface area contributed by atoms with E-state index in [4.69, 9.17) is 0 Å². The summed E-state index contributed by atoms with van der Waals surface area (Å²) in [5, 5.41) is 4.02. The maximum Gasteiger partial charge on any atom is 0.341 e. The Morgan fingerprint density at radius 3 is 2.46 bits per heavy atom. The summed E-state index contributed by atoms with van der Waals surface area (Å²) in [7, 11) is -4.19. The molecule has 1 aromatic heterocycles. The zero-order valence-corrected chi connectivity index (χ0v) is 6.94. The summed E-state index contributed by atoms with van der Waals surface area (Å²) in [6, 6.07) is 0. The van der Waals surface area contributed by atoms with E-state index in [1.54, 1.807) is 10.1 Å². The molecule has 0 saturated carbocycles. The van der Waals surface area contributed by atoms with Gasteiger partial charge in [0.25, 0.3) is 6.43 Å². The number of nitrogens with zero attached hydrogens (tertiary/aromatic N) is 1. The number of nitrogens with one attached hydrogen (secondary N) is 2. The first-order valence-electron chi connectivity index (χ1n) is 3.07. The molecule has 74 valence electrons. The first-order chi connectivity index (χ1) is 5.92. The maximum atomic E-state index is 11.7. The molecule has 0 aromatic carbocycles. The quantitative estimate of drug-likeness (QED) is 0.682. The molecular weight excluding hydrogens is 208 g/mol. The molecule has 0 spiro atoms. The summed E-state index contributed by atoms with van der Waals surface area (Å²) in [5.41, 5.74) is -0.854. The molecule has 0 saturated heterocycles. The number of halogens is 2. The van der Waals surface area contributed by atoms with Gasteiger partial charge < -0.3 is 0 Å². The fourth-order valence-electron chi connectivity index (χ4n) is 0.647. The van der Waals surface area contributed by atoms with E-state index in [0.717, 1.165) is 0 Å². The molecule has 1 rings (SSSR count). The number of hydrogen-bond acceptors (Lipinski definition) is 4. The monoisotopic (exact) mass is 213 g/mol. The Hall–Kier alpha value is -1.25. The fraction of sp³-hybridized carbons (Fsp3) is 0.500. The third kappa shape index (κ3) is 2.34. The molecule has 0 amide bonds. The number of alkyl halides is 2. The van der Waals surface area contributed by atoms with E-state index in [-0.39, 0.29) is 0 Å². The Balaban J connectivity index is 3.01. The second-order valence-corrected chi connectivity index (χ2v) is 4.10. The van der Waals surface area contributed by atoms with E-state index < -0.39 is 32.9 Å². The molecule has 6 nitrogen and oxygen atoms in total. The van der Waals surface area contributed by atoms with Crippen molar-refractivity contribution in [2.45, 2.75) is 11.6 Å². The number of hydrogen-bond donors (Lipinski definition) is 2. The van der Waals surface area contributed by atoms with Gasteiger partial charge in [-0.15, -0.1) is 5.10 Å². The number of sulfone groups is 1. The van der Waals surface area contributed by atoms with Crippen LogP contribution in [0.1, 0.15) is 0 Å². The first kappa shape index (κ1) is 9.84. The van der Waals surface area contributed by atoms with Gasteiger partial charge in [0, 0.05) is 0 Å². The third-order valence-electron chi connectivity index (χ3n) is 1.12. The van der Waals surface area contributed by atoms with Crippen molar-refractivity contribution >= 4 is 9.84 Å². The van der Waals surface area contributed by atoms with Crippen LogP contribution >= 0.6 is 0 Å². The molecule has 0 aliphatic heterocycles. The third-order valence-corrected chi connectivity index (χ3v) is 2.59. The molecule has 1 aromatic rings. The van der Waals surface area contributed by atoms with Crippen LogP contribution in [0.3, 0.4) is 0 Å². The lowest BCUT2D eigenvalue weighted by Gasteiger charge is -1.97. The predicted molar refractivity (Wildman–Crippen MR) is 37.3 cm³/mol. The summed E-state index contributed by atoms with van der Waals surface area (Å²) < 4.78 is 45.3. The van der Waals surface area contributed by atoms with Crippen molar-refractivity contribution in [2.75, 3.05) is 5.75 Å². The van der Waals surface area contributed by atoms with Crippen molar-refractivity contribution in [1.29, 1.82) is 0 Å². The molecule has 0 radical (unpaired) electrons. The number of rotatable bonds is 3. The summed E-state index contributed by atoms with van der Waals surface area (Å²) in [4.78, 5) is 12.2. The molecule has 0 aliphatic rings. The van der Waals surface area contributed by atoms with Gasteiger partial charge in [0.15, 0.2) is 0 Å². The standard InChI is InChI=1S/C4H5F2N3O3S/c5-2(6)1-13(11,12)4-7-3(10)8-9-4/h2H,1H2,(H2,7,8,9,10). The highest BCUT2D eigenvalue weighted by Crippen LogP contribution is 2.05. The van der Waals surface area contributed by atoms with Gasteiger partial charge in [0.1, 0.15) is 5.75 Å². The Morgan fingerprint density at radius 1 is 1.46 bits per heavy atom. The molecule has 0 bridgehead atoms. The molecule has 0 atom stereocenters. The molecule has 0 aliphatic carbocycles. The first-order valence-corrected chi connectivity index (χ1v) is 4.72. The minimum atomic E-state index is -4.19. The lowest BCUT2D eigenvalue weighted by Crippen LogP contribution is -2.15. The summed E-state index contributed by atoms with van der Waals surface area (Å²) in [6.07, 6.45) is -3.00. The second kappa shape index (κ2) is 3.24. The molecule has 0 fully saturated rings. The zero-order chi connectivity index (χ0) is 10.1. The van der Waals surface area contributed by atoms with Crippen molar-refractivity contribution < 1.29 is 17.2 Å². The van der Waals surface area contributed by atoms with Gasteiger partial charge in [0.2, 0.25) is 15.0 Å². The number of aromatic amines is 2. The normalized spacial score (nSPS) is 12.2. The van der Waals surface area contributed by atoms with Gasteiger partial charge in [-0.3, -0.25) is 4.98 Å². The van der Waals surface area contributed by atoms with Crippen LogP contribution in [-0.2, 0) is 9.84 Å². The van der Waals surface area contributed by atoms with Crippen molar-refractivity contribution in [3.63, 3.8) is 0 Å². The van der Waals surface area contributed by atoms with E-state index >= 15 is 0 Å². The van der Waals surface area contributed by atoms with Gasteiger partial charge in [0.05, 0.1) is 0 Å². The second-order valence-electron chi connectivity index (χ2n) is 2.16. The van der Waals surface area contributed by atoms with Crippen LogP contribution < -0.4 is 5.69 Å². The van der Waals surface area contributed by atoms with Crippen LogP contribution in [-0.4, -0.2) is 35.8 Å². The zero-order valence-electron chi connectivity index (χ0n) is 6.12. The highest BCUT2D eigenvalue weighted by atomic mass is 32.2. The van der Waals surface area contributed by atoms with Crippen molar-refractivity contribution in [2.24, 2.45) is 0 Å². The van der Waals surface area contributed by atoms with Crippen LogP contribution in [0.5, 0.6) is 0 Å². The van der Waals surface area contributed by atoms with Crippen molar-refractivity contribution in [3.05, 3.63) is 10.5 Å². The molecule has 2 N–H and O–H groups in total. The van der Waals surface area contributed by atoms with Gasteiger partial charge in [-0.2, -0.15) is 0 Å². The molecular formula is C4H5F2N3O3S. The van der Waals surface area contributed by atoms with Crippen LogP contribution in [0.4, 0.5) is 8.78 Å². The molecule has 13 heavy (non-hydrogen) atoms. The highest BCUT2D eigenvalue weighted by Gasteiger charge is 2.23. The lowest BCUT2D eigenvalue weighted by atomic mass is 10.9.